The number of benzene rings is 2. The number of carbonyl (C=O) groups excluding carboxylic acids is 3. The molecule has 2 spiro atoms. The van der Waals surface area contributed by atoms with Crippen molar-refractivity contribution in [3.63, 3.8) is 0 Å². The van der Waals surface area contributed by atoms with E-state index in [1.807, 2.05) is 61.5 Å². The number of nitrogens with one attached hydrogen (secondary N) is 2. The van der Waals surface area contributed by atoms with Crippen LogP contribution in [0.25, 0.3) is 0 Å². The summed E-state index contributed by atoms with van der Waals surface area (Å²) in [6.07, 6.45) is 8.56. The normalized spacial score (nSPS) is 22.4. The molecule has 2 aromatic carbocycles. The number of amides is 3. The van der Waals surface area contributed by atoms with E-state index in [0.717, 1.165) is 66.3 Å². The molecule has 8 heteroatoms. The van der Waals surface area contributed by atoms with E-state index in [0.29, 0.717) is 30.1 Å². The van der Waals surface area contributed by atoms with Gasteiger partial charge in [0.05, 0.1) is 5.41 Å². The van der Waals surface area contributed by atoms with Crippen LogP contribution in [0.1, 0.15) is 66.3 Å². The van der Waals surface area contributed by atoms with Gasteiger partial charge in [-0.05, 0) is 80.3 Å². The predicted molar refractivity (Wildman–Crippen MR) is 157 cm³/mol. The number of pyridine rings is 1. The maximum atomic E-state index is 13.8. The van der Waals surface area contributed by atoms with Crippen LogP contribution in [0.5, 0.6) is 0 Å². The molecule has 7 rings (SSSR count). The minimum atomic E-state index is -0.676. The summed E-state index contributed by atoms with van der Waals surface area (Å²) < 4.78 is 0. The molecular weight excluding hydrogens is 514 g/mol. The number of aromatic nitrogens is 1. The summed E-state index contributed by atoms with van der Waals surface area (Å²) in [5, 5.41) is 5.98. The highest BCUT2D eigenvalue weighted by atomic mass is 16.2. The molecule has 208 valence electrons. The average Bonchev–Trinajstić information content (AvgIpc) is 3.48. The van der Waals surface area contributed by atoms with Gasteiger partial charge in [0.2, 0.25) is 11.8 Å². The Morgan fingerprint density at radius 1 is 0.976 bits per heavy atom. The zero-order valence-electron chi connectivity index (χ0n) is 23.2. The Morgan fingerprint density at radius 2 is 1.76 bits per heavy atom. The van der Waals surface area contributed by atoms with Crippen LogP contribution in [0.3, 0.4) is 0 Å². The molecule has 2 N–H and O–H groups in total. The number of hydrogen-bond donors (Lipinski definition) is 2. The van der Waals surface area contributed by atoms with Crippen molar-refractivity contribution in [2.45, 2.75) is 69.4 Å². The van der Waals surface area contributed by atoms with Gasteiger partial charge in [-0.2, -0.15) is 0 Å². The molecule has 41 heavy (non-hydrogen) atoms. The van der Waals surface area contributed by atoms with Crippen LogP contribution >= 0.6 is 0 Å². The van der Waals surface area contributed by atoms with Crippen molar-refractivity contribution in [3.8, 4) is 0 Å². The van der Waals surface area contributed by atoms with Gasteiger partial charge in [-0.3, -0.25) is 19.4 Å². The summed E-state index contributed by atoms with van der Waals surface area (Å²) in [6, 6.07) is 17.5. The third-order valence-corrected chi connectivity index (χ3v) is 9.34. The van der Waals surface area contributed by atoms with Gasteiger partial charge in [0.15, 0.2) is 0 Å². The fourth-order valence-electron chi connectivity index (χ4n) is 7.23. The van der Waals surface area contributed by atoms with Crippen molar-refractivity contribution >= 4 is 34.9 Å². The minimum absolute atomic E-state index is 0.0290. The first-order valence-corrected chi connectivity index (χ1v) is 14.6. The quantitative estimate of drug-likeness (QED) is 0.494. The Bertz CT molecular complexity index is 1620. The van der Waals surface area contributed by atoms with Gasteiger partial charge < -0.3 is 15.5 Å². The first-order valence-electron chi connectivity index (χ1n) is 14.6. The molecule has 2 aliphatic heterocycles. The number of fused-ring (bicyclic) bond motifs is 3. The first kappa shape index (κ1) is 25.6. The molecular formula is C33H33N5O3. The largest absolute Gasteiger partial charge is 0.325 e. The monoisotopic (exact) mass is 547 g/mol. The van der Waals surface area contributed by atoms with E-state index >= 15 is 0 Å². The van der Waals surface area contributed by atoms with Crippen molar-refractivity contribution in [1.29, 1.82) is 0 Å². The summed E-state index contributed by atoms with van der Waals surface area (Å²) in [7, 11) is 0. The van der Waals surface area contributed by atoms with Crippen LogP contribution in [0.2, 0.25) is 0 Å². The molecule has 1 atom stereocenters. The van der Waals surface area contributed by atoms with Crippen molar-refractivity contribution in [1.82, 2.24) is 9.88 Å². The fourth-order valence-corrected chi connectivity index (χ4v) is 7.23. The van der Waals surface area contributed by atoms with E-state index in [1.165, 1.54) is 0 Å². The van der Waals surface area contributed by atoms with Crippen molar-refractivity contribution in [3.05, 3.63) is 88.6 Å². The number of anilines is 2. The van der Waals surface area contributed by atoms with Gasteiger partial charge in [0.25, 0.3) is 5.91 Å². The Labute approximate surface area is 239 Å². The maximum Gasteiger partial charge on any atom is 0.275 e. The molecule has 3 heterocycles. The highest BCUT2D eigenvalue weighted by Gasteiger charge is 2.51. The molecule has 8 nitrogen and oxygen atoms in total. The van der Waals surface area contributed by atoms with Crippen LogP contribution in [0, 0.1) is 6.92 Å². The van der Waals surface area contributed by atoms with Gasteiger partial charge in [-0.25, -0.2) is 4.98 Å². The Balaban J connectivity index is 1.12. The molecule has 4 aliphatic rings. The smallest absolute Gasteiger partial charge is 0.275 e. The van der Waals surface area contributed by atoms with Crippen LogP contribution in [0.15, 0.2) is 65.8 Å². The highest BCUT2D eigenvalue weighted by Crippen LogP contribution is 2.47. The van der Waals surface area contributed by atoms with Gasteiger partial charge >= 0.3 is 0 Å². The lowest BCUT2D eigenvalue weighted by Gasteiger charge is -2.35. The molecule has 0 radical (unpaired) electrons. The molecule has 3 amide bonds. The van der Waals surface area contributed by atoms with E-state index in [4.69, 9.17) is 4.99 Å². The number of carbonyl (C=O) groups is 3. The Morgan fingerprint density at radius 3 is 2.56 bits per heavy atom. The van der Waals surface area contributed by atoms with Gasteiger partial charge in [-0.15, -0.1) is 0 Å². The van der Waals surface area contributed by atoms with E-state index in [-0.39, 0.29) is 24.3 Å². The number of rotatable bonds is 4. The number of nitrogens with zero attached hydrogens (tertiary/aromatic N) is 3. The second-order valence-corrected chi connectivity index (χ2v) is 11.9. The second kappa shape index (κ2) is 9.65. The zero-order valence-corrected chi connectivity index (χ0v) is 23.2. The summed E-state index contributed by atoms with van der Waals surface area (Å²) in [6.45, 7) is 1.93. The van der Waals surface area contributed by atoms with Gasteiger partial charge in [-0.1, -0.05) is 49.2 Å². The standard InChI is InChI=1S/C33H33N5O3/c1-21-9-4-5-10-25(21)28-30(40)38(33(37-28)14-6-2-3-7-15-33)20-27(39)35-24-13-12-22-18-32(19-23(22)17-24)26-11-8-16-34-29(26)36-31(32)41/h4-5,8-13,16-17H,2-3,6-7,14-15,18-20H2,1H3,(H,35,39)(H,34,36,41). The molecule has 2 aliphatic carbocycles. The first-order chi connectivity index (χ1) is 19.9. The van der Waals surface area contributed by atoms with Crippen molar-refractivity contribution < 1.29 is 14.4 Å². The molecule has 1 fully saturated rings. The lowest BCUT2D eigenvalue weighted by molar-refractivity contribution is -0.133. The summed E-state index contributed by atoms with van der Waals surface area (Å²) in [5.41, 5.74) is 4.69. The summed E-state index contributed by atoms with van der Waals surface area (Å²) in [4.78, 5) is 51.5. The minimum Gasteiger partial charge on any atom is -0.325 e. The van der Waals surface area contributed by atoms with Crippen LogP contribution in [-0.2, 0) is 32.6 Å². The van der Waals surface area contributed by atoms with Crippen LogP contribution in [0.4, 0.5) is 11.5 Å². The number of hydrogen-bond acceptors (Lipinski definition) is 5. The Hall–Kier alpha value is -4.33. The zero-order chi connectivity index (χ0) is 28.2. The van der Waals surface area contributed by atoms with E-state index in [2.05, 4.69) is 15.6 Å². The molecule has 1 aromatic heterocycles. The van der Waals surface area contributed by atoms with Crippen LogP contribution < -0.4 is 10.6 Å². The van der Waals surface area contributed by atoms with Crippen molar-refractivity contribution in [2.24, 2.45) is 4.99 Å². The highest BCUT2D eigenvalue weighted by molar-refractivity contribution is 6.47. The number of aryl methyl sites for hydroxylation is 1. The molecule has 1 saturated carbocycles. The molecule has 0 saturated heterocycles. The second-order valence-electron chi connectivity index (χ2n) is 11.9. The van der Waals surface area contributed by atoms with Crippen LogP contribution in [-0.4, -0.2) is 45.5 Å². The lowest BCUT2D eigenvalue weighted by Crippen LogP contribution is -2.50. The van der Waals surface area contributed by atoms with E-state index < -0.39 is 11.1 Å². The fraction of sp³-hybridized carbons (Fsp3) is 0.364. The summed E-state index contributed by atoms with van der Waals surface area (Å²) >= 11 is 0. The molecule has 1 unspecified atom stereocenters. The molecule has 3 aromatic rings. The summed E-state index contributed by atoms with van der Waals surface area (Å²) in [5.74, 6) is 0.184. The third-order valence-electron chi connectivity index (χ3n) is 9.34. The predicted octanol–water partition coefficient (Wildman–Crippen LogP) is 4.70. The maximum absolute atomic E-state index is 13.8. The molecule has 0 bridgehead atoms. The number of aliphatic imine (C=N–C) groups is 1. The van der Waals surface area contributed by atoms with E-state index in [1.54, 1.807) is 11.1 Å². The Kier molecular flexibility index (Phi) is 6.03. The third kappa shape index (κ3) is 4.15. The van der Waals surface area contributed by atoms with Gasteiger partial charge in [0.1, 0.15) is 23.7 Å². The SMILES string of the molecule is Cc1ccccc1C1=NC2(CCCCCC2)N(CC(=O)Nc2ccc3c(c2)CC2(C3)C(=O)Nc3ncccc32)C1=O. The topological polar surface area (TPSA) is 104 Å². The lowest BCUT2D eigenvalue weighted by atomic mass is 9.79. The van der Waals surface area contributed by atoms with Gasteiger partial charge in [0, 0.05) is 23.0 Å². The average molecular weight is 548 g/mol. The van der Waals surface area contributed by atoms with Crippen molar-refractivity contribution in [2.75, 3.05) is 17.2 Å². The van der Waals surface area contributed by atoms with E-state index in [9.17, 15) is 14.4 Å².